The largest absolute Gasteiger partial charge is 0.326 e. The first-order chi connectivity index (χ1) is 14.4. The Morgan fingerprint density at radius 1 is 1.00 bits per heavy atom. The van der Waals surface area contributed by atoms with Crippen LogP contribution in [-0.4, -0.2) is 25.5 Å². The average molecular weight is 403 g/mol. The van der Waals surface area contributed by atoms with Crippen LogP contribution in [-0.2, 0) is 17.6 Å². The molecular formula is C23H22FN5O. The van der Waals surface area contributed by atoms with E-state index in [0.717, 1.165) is 23.4 Å². The van der Waals surface area contributed by atoms with Gasteiger partial charge in [0.25, 0.3) is 5.78 Å². The Hall–Kier alpha value is -3.61. The molecule has 1 amide bonds. The Morgan fingerprint density at radius 2 is 1.70 bits per heavy atom. The fourth-order valence-electron chi connectivity index (χ4n) is 3.37. The van der Waals surface area contributed by atoms with Crippen LogP contribution in [0.15, 0.2) is 48.5 Å². The standard InChI is InChI=1S/C23H22FN5O/c1-14-4-6-17(7-5-14)12-20-15(2)25-23-27-21(28-29(23)16(20)3)13-22(30)26-19-10-8-18(24)9-11-19/h4-11H,12-13H2,1-3H3,(H,26,30). The molecule has 6 nitrogen and oxygen atoms in total. The number of benzene rings is 2. The van der Waals surface area contributed by atoms with Crippen molar-refractivity contribution in [2.45, 2.75) is 33.6 Å². The maximum absolute atomic E-state index is 13.0. The van der Waals surface area contributed by atoms with Gasteiger partial charge >= 0.3 is 0 Å². The summed E-state index contributed by atoms with van der Waals surface area (Å²) in [6.07, 6.45) is 0.758. The van der Waals surface area contributed by atoms with Crippen LogP contribution in [0.25, 0.3) is 5.78 Å². The summed E-state index contributed by atoms with van der Waals surface area (Å²) in [6, 6.07) is 14.0. The fraction of sp³-hybridized carbons (Fsp3) is 0.217. The van der Waals surface area contributed by atoms with Crippen LogP contribution in [0.3, 0.4) is 0 Å². The van der Waals surface area contributed by atoms with E-state index in [4.69, 9.17) is 0 Å². The van der Waals surface area contributed by atoms with Gasteiger partial charge in [0.15, 0.2) is 5.82 Å². The van der Waals surface area contributed by atoms with Crippen molar-refractivity contribution in [2.24, 2.45) is 0 Å². The van der Waals surface area contributed by atoms with Crippen molar-refractivity contribution in [3.63, 3.8) is 0 Å². The van der Waals surface area contributed by atoms with Gasteiger partial charge in [0.2, 0.25) is 5.91 Å². The first-order valence-electron chi connectivity index (χ1n) is 9.72. The number of amides is 1. The van der Waals surface area contributed by atoms with E-state index in [1.165, 1.54) is 35.4 Å². The molecule has 1 N–H and O–H groups in total. The predicted molar refractivity (Wildman–Crippen MR) is 113 cm³/mol. The summed E-state index contributed by atoms with van der Waals surface area (Å²) in [5, 5.41) is 7.21. The highest BCUT2D eigenvalue weighted by atomic mass is 19.1. The molecule has 4 rings (SSSR count). The quantitative estimate of drug-likeness (QED) is 0.547. The van der Waals surface area contributed by atoms with Crippen LogP contribution in [0.5, 0.6) is 0 Å². The number of carbonyl (C=O) groups excluding carboxylic acids is 1. The summed E-state index contributed by atoms with van der Waals surface area (Å²) in [7, 11) is 0. The topological polar surface area (TPSA) is 72.2 Å². The molecule has 4 aromatic rings. The maximum Gasteiger partial charge on any atom is 0.252 e. The third-order valence-electron chi connectivity index (χ3n) is 5.04. The third-order valence-corrected chi connectivity index (χ3v) is 5.04. The first kappa shape index (κ1) is 19.7. The minimum Gasteiger partial charge on any atom is -0.326 e. The molecule has 0 saturated heterocycles. The number of nitrogens with zero attached hydrogens (tertiary/aromatic N) is 4. The minimum atomic E-state index is -0.353. The number of aromatic nitrogens is 4. The van der Waals surface area contributed by atoms with Gasteiger partial charge in [-0.25, -0.2) is 13.9 Å². The number of halogens is 1. The molecule has 0 saturated carbocycles. The van der Waals surface area contributed by atoms with E-state index in [-0.39, 0.29) is 18.1 Å². The van der Waals surface area contributed by atoms with Gasteiger partial charge in [-0.15, -0.1) is 5.10 Å². The van der Waals surface area contributed by atoms with Crippen molar-refractivity contribution in [3.8, 4) is 0 Å². The van der Waals surface area contributed by atoms with Crippen LogP contribution in [0.1, 0.15) is 33.9 Å². The van der Waals surface area contributed by atoms with E-state index >= 15 is 0 Å². The molecule has 0 aliphatic heterocycles. The number of rotatable bonds is 5. The Kier molecular flexibility index (Phi) is 5.27. The maximum atomic E-state index is 13.0. The van der Waals surface area contributed by atoms with Crippen molar-refractivity contribution >= 4 is 17.4 Å². The molecule has 30 heavy (non-hydrogen) atoms. The van der Waals surface area contributed by atoms with E-state index < -0.39 is 0 Å². The van der Waals surface area contributed by atoms with Crippen LogP contribution in [0.4, 0.5) is 10.1 Å². The smallest absolute Gasteiger partial charge is 0.252 e. The minimum absolute atomic E-state index is 0.00647. The van der Waals surface area contributed by atoms with E-state index in [1.807, 2.05) is 13.8 Å². The van der Waals surface area contributed by atoms with Gasteiger partial charge in [0, 0.05) is 23.5 Å². The summed E-state index contributed by atoms with van der Waals surface area (Å²) < 4.78 is 14.7. The highest BCUT2D eigenvalue weighted by molar-refractivity contribution is 5.91. The first-order valence-corrected chi connectivity index (χ1v) is 9.72. The van der Waals surface area contributed by atoms with Crippen molar-refractivity contribution < 1.29 is 9.18 Å². The van der Waals surface area contributed by atoms with Gasteiger partial charge in [0.1, 0.15) is 5.82 Å². The van der Waals surface area contributed by atoms with Gasteiger partial charge in [-0.3, -0.25) is 4.79 Å². The van der Waals surface area contributed by atoms with Crippen LogP contribution >= 0.6 is 0 Å². The monoisotopic (exact) mass is 403 g/mol. The second kappa shape index (κ2) is 8.02. The second-order valence-electron chi connectivity index (χ2n) is 7.40. The molecule has 0 aliphatic rings. The average Bonchev–Trinajstić information content (AvgIpc) is 3.10. The van der Waals surface area contributed by atoms with Crippen LogP contribution in [0.2, 0.25) is 0 Å². The van der Waals surface area contributed by atoms with Crippen molar-refractivity contribution in [3.05, 3.63) is 88.3 Å². The zero-order valence-corrected chi connectivity index (χ0v) is 17.1. The lowest BCUT2D eigenvalue weighted by molar-refractivity contribution is -0.115. The normalized spacial score (nSPS) is 11.1. The fourth-order valence-corrected chi connectivity index (χ4v) is 3.37. The summed E-state index contributed by atoms with van der Waals surface area (Å²) in [4.78, 5) is 21.3. The highest BCUT2D eigenvalue weighted by Gasteiger charge is 2.16. The zero-order chi connectivity index (χ0) is 21.3. The molecule has 152 valence electrons. The van der Waals surface area contributed by atoms with E-state index in [9.17, 15) is 9.18 Å². The number of anilines is 1. The molecule has 0 radical (unpaired) electrons. The van der Waals surface area contributed by atoms with Gasteiger partial charge in [0.05, 0.1) is 6.42 Å². The van der Waals surface area contributed by atoms with E-state index in [1.54, 1.807) is 4.52 Å². The second-order valence-corrected chi connectivity index (χ2v) is 7.40. The summed E-state index contributed by atoms with van der Waals surface area (Å²) in [6.45, 7) is 6.02. The molecule has 0 fully saturated rings. The summed E-state index contributed by atoms with van der Waals surface area (Å²) in [5.74, 6) is 0.236. The molecule has 0 spiro atoms. The lowest BCUT2D eigenvalue weighted by Gasteiger charge is -2.10. The van der Waals surface area contributed by atoms with E-state index in [2.05, 4.69) is 51.6 Å². The van der Waals surface area contributed by atoms with Crippen molar-refractivity contribution in [1.82, 2.24) is 19.6 Å². The zero-order valence-electron chi connectivity index (χ0n) is 17.1. The van der Waals surface area contributed by atoms with E-state index in [0.29, 0.717) is 17.3 Å². The van der Waals surface area contributed by atoms with Gasteiger partial charge in [-0.2, -0.15) is 4.98 Å². The van der Waals surface area contributed by atoms with Gasteiger partial charge < -0.3 is 5.32 Å². The van der Waals surface area contributed by atoms with Crippen LogP contribution in [0, 0.1) is 26.6 Å². The number of nitrogens with one attached hydrogen (secondary N) is 1. The molecule has 0 aliphatic carbocycles. The lowest BCUT2D eigenvalue weighted by atomic mass is 10.0. The highest BCUT2D eigenvalue weighted by Crippen LogP contribution is 2.19. The molecule has 2 aromatic heterocycles. The van der Waals surface area contributed by atoms with Gasteiger partial charge in [-0.05, 0) is 56.2 Å². The SMILES string of the molecule is Cc1ccc(Cc2c(C)nc3nc(CC(=O)Nc4ccc(F)cc4)nn3c2C)cc1. The van der Waals surface area contributed by atoms with Crippen molar-refractivity contribution in [2.75, 3.05) is 5.32 Å². The predicted octanol–water partition coefficient (Wildman–Crippen LogP) is 3.96. The molecule has 2 heterocycles. The Labute approximate surface area is 173 Å². The Bertz CT molecular complexity index is 1210. The number of carbonyl (C=O) groups is 1. The number of hydrogen-bond donors (Lipinski definition) is 1. The molecular weight excluding hydrogens is 381 g/mol. The Morgan fingerprint density at radius 3 is 2.40 bits per heavy atom. The molecule has 0 bridgehead atoms. The number of hydrogen-bond acceptors (Lipinski definition) is 4. The molecule has 2 aromatic carbocycles. The van der Waals surface area contributed by atoms with Crippen molar-refractivity contribution in [1.29, 1.82) is 0 Å². The lowest BCUT2D eigenvalue weighted by Crippen LogP contribution is -2.15. The van der Waals surface area contributed by atoms with Crippen LogP contribution < -0.4 is 5.32 Å². The number of fused-ring (bicyclic) bond motifs is 1. The molecule has 0 atom stereocenters. The molecule has 0 unspecified atom stereocenters. The third kappa shape index (κ3) is 4.20. The number of aryl methyl sites for hydroxylation is 3. The summed E-state index contributed by atoms with van der Waals surface area (Å²) in [5.41, 5.74) is 5.90. The summed E-state index contributed by atoms with van der Waals surface area (Å²) >= 11 is 0. The van der Waals surface area contributed by atoms with Gasteiger partial charge in [-0.1, -0.05) is 29.8 Å². The molecule has 7 heteroatoms. The Balaban J connectivity index is 1.56.